The molecule has 2 aromatic carbocycles. The molecule has 1 aliphatic heterocycles. The molecule has 2 N–H and O–H groups in total. The first-order valence-corrected chi connectivity index (χ1v) is 12.3. The van der Waals surface area contributed by atoms with Gasteiger partial charge in [-0.2, -0.15) is 0 Å². The van der Waals surface area contributed by atoms with Crippen LogP contribution < -0.4 is 14.8 Å². The molecule has 2 fully saturated rings. The van der Waals surface area contributed by atoms with Crippen molar-refractivity contribution >= 4 is 22.0 Å². The Morgan fingerprint density at radius 2 is 1.85 bits per heavy atom. The number of carbonyl (C=O) groups excluding carboxylic acids is 2. The number of carbonyl (C=O) groups is 2. The first kappa shape index (κ1) is 23.2. The summed E-state index contributed by atoms with van der Waals surface area (Å²) in [6, 6.07) is 11.4. The molecule has 2 aromatic rings. The molecule has 1 spiro atoms. The van der Waals surface area contributed by atoms with Crippen LogP contribution in [0.4, 0.5) is 9.18 Å². The van der Waals surface area contributed by atoms with Crippen LogP contribution in [0.1, 0.15) is 31.2 Å². The zero-order valence-electron chi connectivity index (χ0n) is 18.2. The predicted molar refractivity (Wildman–Crippen MR) is 119 cm³/mol. The van der Waals surface area contributed by atoms with Crippen molar-refractivity contribution in [3.05, 3.63) is 59.9 Å². The lowest BCUT2D eigenvalue weighted by Crippen LogP contribution is -2.52. The molecule has 3 amide bonds. The van der Waals surface area contributed by atoms with Gasteiger partial charge in [-0.3, -0.25) is 9.69 Å². The van der Waals surface area contributed by atoms with Crippen LogP contribution in [0.3, 0.4) is 0 Å². The highest BCUT2D eigenvalue weighted by molar-refractivity contribution is 7.89. The molecular weight excluding hydrogens is 449 g/mol. The van der Waals surface area contributed by atoms with E-state index in [1.807, 2.05) is 13.0 Å². The highest BCUT2D eigenvalue weighted by Gasteiger charge is 2.52. The molecule has 1 saturated heterocycles. The third-order valence-electron chi connectivity index (χ3n) is 6.10. The van der Waals surface area contributed by atoms with Gasteiger partial charge in [-0.1, -0.05) is 12.1 Å². The number of amides is 3. The molecule has 176 valence electrons. The highest BCUT2D eigenvalue weighted by Crippen LogP contribution is 2.34. The van der Waals surface area contributed by atoms with Crippen molar-refractivity contribution in [2.24, 2.45) is 0 Å². The smallest absolute Gasteiger partial charge is 0.325 e. The Hall–Kier alpha value is -2.98. The molecule has 1 heterocycles. The summed E-state index contributed by atoms with van der Waals surface area (Å²) < 4.78 is 46.6. The van der Waals surface area contributed by atoms with Gasteiger partial charge >= 0.3 is 6.03 Å². The molecule has 2 aliphatic rings. The molecule has 0 radical (unpaired) electrons. The fourth-order valence-electron chi connectivity index (χ4n) is 4.30. The fourth-order valence-corrected chi connectivity index (χ4v) is 5.71. The zero-order valence-corrected chi connectivity index (χ0v) is 19.0. The van der Waals surface area contributed by atoms with Crippen LogP contribution in [0.5, 0.6) is 5.75 Å². The average Bonchev–Trinajstić information content (AvgIpc) is 3.00. The summed E-state index contributed by atoms with van der Waals surface area (Å²) in [6.45, 7) is 1.97. The molecule has 0 atom stereocenters. The molecule has 1 aliphatic carbocycles. The summed E-state index contributed by atoms with van der Waals surface area (Å²) in [5.74, 6) is -0.259. The second-order valence-electron chi connectivity index (χ2n) is 8.48. The number of sulfonamides is 1. The van der Waals surface area contributed by atoms with Crippen LogP contribution in [-0.2, 0) is 14.8 Å². The van der Waals surface area contributed by atoms with Crippen LogP contribution in [0.15, 0.2) is 53.4 Å². The normalized spacial score (nSPS) is 23.1. The highest BCUT2D eigenvalue weighted by atomic mass is 32.2. The maximum Gasteiger partial charge on any atom is 0.325 e. The maximum absolute atomic E-state index is 13.0. The van der Waals surface area contributed by atoms with Crippen molar-refractivity contribution in [1.82, 2.24) is 14.9 Å². The molecule has 1 saturated carbocycles. The standard InChI is InChI=1S/C23H26FN3O5S/c1-16-3-2-4-20(15-16)33(30,31)26-18-9-11-23(12-10-18)21(28)27(22(29)25-23)13-14-32-19-7-5-17(24)6-8-19/h2-8,15,18,26H,9-14H2,1H3,(H,25,29). The van der Waals surface area contributed by atoms with Crippen LogP contribution in [-0.4, -0.2) is 50.0 Å². The van der Waals surface area contributed by atoms with Gasteiger partial charge in [0.2, 0.25) is 10.0 Å². The molecule has 0 unspecified atom stereocenters. The molecule has 8 nitrogen and oxygen atoms in total. The molecule has 10 heteroatoms. The third-order valence-corrected chi connectivity index (χ3v) is 7.62. The van der Waals surface area contributed by atoms with Gasteiger partial charge in [0, 0.05) is 6.04 Å². The van der Waals surface area contributed by atoms with E-state index < -0.39 is 21.6 Å². The topological polar surface area (TPSA) is 105 Å². The number of nitrogens with zero attached hydrogens (tertiary/aromatic N) is 1. The molecule has 4 rings (SSSR count). The second-order valence-corrected chi connectivity index (χ2v) is 10.2. The van der Waals surface area contributed by atoms with Gasteiger partial charge in [-0.05, 0) is 74.6 Å². The molecule has 33 heavy (non-hydrogen) atoms. The predicted octanol–water partition coefficient (Wildman–Crippen LogP) is 2.72. The second kappa shape index (κ2) is 9.11. The van der Waals surface area contributed by atoms with Crippen LogP contribution in [0.2, 0.25) is 0 Å². The lowest BCUT2D eigenvalue weighted by molar-refractivity contribution is -0.132. The summed E-state index contributed by atoms with van der Waals surface area (Å²) in [4.78, 5) is 26.8. The largest absolute Gasteiger partial charge is 0.492 e. The van der Waals surface area contributed by atoms with E-state index in [1.54, 1.807) is 18.2 Å². The quantitative estimate of drug-likeness (QED) is 0.599. The minimum atomic E-state index is -3.67. The Kier molecular flexibility index (Phi) is 6.40. The van der Waals surface area contributed by atoms with E-state index in [0.717, 1.165) is 10.5 Å². The van der Waals surface area contributed by atoms with E-state index in [4.69, 9.17) is 4.74 Å². The number of ether oxygens (including phenoxy) is 1. The summed E-state index contributed by atoms with van der Waals surface area (Å²) in [5, 5.41) is 2.80. The first-order valence-electron chi connectivity index (χ1n) is 10.8. The van der Waals surface area contributed by atoms with Crippen LogP contribution in [0, 0.1) is 12.7 Å². The lowest BCUT2D eigenvalue weighted by Gasteiger charge is -2.35. The van der Waals surface area contributed by atoms with Crippen LogP contribution >= 0.6 is 0 Å². The number of imide groups is 1. The Balaban J connectivity index is 1.32. The van der Waals surface area contributed by atoms with Crippen molar-refractivity contribution < 1.29 is 27.1 Å². The number of nitrogens with one attached hydrogen (secondary N) is 2. The van der Waals surface area contributed by atoms with Gasteiger partial charge in [0.15, 0.2) is 0 Å². The number of hydrogen-bond donors (Lipinski definition) is 2. The van der Waals surface area contributed by atoms with Gasteiger partial charge in [0.05, 0.1) is 11.4 Å². The lowest BCUT2D eigenvalue weighted by atomic mass is 9.79. The van der Waals surface area contributed by atoms with E-state index in [-0.39, 0.29) is 35.8 Å². The fraction of sp³-hybridized carbons (Fsp3) is 0.391. The van der Waals surface area contributed by atoms with E-state index in [1.165, 1.54) is 24.3 Å². The maximum atomic E-state index is 13.0. The van der Waals surface area contributed by atoms with E-state index in [2.05, 4.69) is 10.0 Å². The SMILES string of the molecule is Cc1cccc(S(=O)(=O)NC2CCC3(CC2)NC(=O)N(CCOc2ccc(F)cc2)C3=O)c1. The van der Waals surface area contributed by atoms with Gasteiger partial charge in [0.1, 0.15) is 23.7 Å². The number of halogens is 1. The van der Waals surface area contributed by atoms with E-state index in [0.29, 0.717) is 31.4 Å². The van der Waals surface area contributed by atoms with Gasteiger partial charge in [-0.15, -0.1) is 0 Å². The molecule has 0 bridgehead atoms. The minimum Gasteiger partial charge on any atom is -0.492 e. The number of hydrogen-bond acceptors (Lipinski definition) is 5. The van der Waals surface area contributed by atoms with E-state index >= 15 is 0 Å². The monoisotopic (exact) mass is 475 g/mol. The summed E-state index contributed by atoms with van der Waals surface area (Å²) >= 11 is 0. The number of urea groups is 1. The van der Waals surface area contributed by atoms with Crippen LogP contribution in [0.25, 0.3) is 0 Å². The van der Waals surface area contributed by atoms with Crippen molar-refractivity contribution in [2.45, 2.75) is 49.1 Å². The number of benzene rings is 2. The Morgan fingerprint density at radius 3 is 2.52 bits per heavy atom. The summed E-state index contributed by atoms with van der Waals surface area (Å²) in [7, 11) is -3.67. The van der Waals surface area contributed by atoms with Crippen molar-refractivity contribution in [2.75, 3.05) is 13.2 Å². The number of aryl methyl sites for hydroxylation is 1. The Morgan fingerprint density at radius 1 is 1.15 bits per heavy atom. The number of rotatable bonds is 7. The molecular formula is C23H26FN3O5S. The summed E-state index contributed by atoms with van der Waals surface area (Å²) in [6.07, 6.45) is 1.54. The third kappa shape index (κ3) is 5.01. The van der Waals surface area contributed by atoms with Gasteiger partial charge < -0.3 is 10.1 Å². The van der Waals surface area contributed by atoms with Crippen molar-refractivity contribution in [3.8, 4) is 5.75 Å². The average molecular weight is 476 g/mol. The van der Waals surface area contributed by atoms with Crippen molar-refractivity contribution in [3.63, 3.8) is 0 Å². The minimum absolute atomic E-state index is 0.0627. The summed E-state index contributed by atoms with van der Waals surface area (Å²) in [5.41, 5.74) is -0.165. The zero-order chi connectivity index (χ0) is 23.6. The van der Waals surface area contributed by atoms with Gasteiger partial charge in [0.25, 0.3) is 5.91 Å². The Labute approximate surface area is 192 Å². The van der Waals surface area contributed by atoms with Crippen molar-refractivity contribution in [1.29, 1.82) is 0 Å². The molecule has 0 aromatic heterocycles. The van der Waals surface area contributed by atoms with E-state index in [9.17, 15) is 22.4 Å². The first-order chi connectivity index (χ1) is 15.7. The Bertz CT molecular complexity index is 1140. The van der Waals surface area contributed by atoms with Gasteiger partial charge in [-0.25, -0.2) is 22.3 Å².